The lowest BCUT2D eigenvalue weighted by Crippen LogP contribution is -2.28. The molecule has 0 N–H and O–H groups in total. The average molecular weight is 469 g/mol. The van der Waals surface area contributed by atoms with Gasteiger partial charge >= 0.3 is 0 Å². The number of halogens is 1. The zero-order valence-corrected chi connectivity index (χ0v) is 19.2. The first kappa shape index (κ1) is 22.0. The number of amides is 1. The van der Waals surface area contributed by atoms with Gasteiger partial charge in [-0.3, -0.25) is 9.36 Å². The highest BCUT2D eigenvalue weighted by Gasteiger charge is 2.21. The molecule has 1 amide bonds. The molecule has 0 aliphatic heterocycles. The van der Waals surface area contributed by atoms with Crippen molar-refractivity contribution in [3.8, 4) is 22.1 Å². The summed E-state index contributed by atoms with van der Waals surface area (Å²) >= 11 is 2.84. The molecule has 0 unspecified atom stereocenters. The molecule has 0 radical (unpaired) electrons. The molecule has 0 spiro atoms. The number of para-hydroxylation sites is 2. The predicted molar refractivity (Wildman–Crippen MR) is 125 cm³/mol. The lowest BCUT2D eigenvalue weighted by Gasteiger charge is -2.18. The Bertz CT molecular complexity index is 1210. The predicted octanol–water partition coefficient (Wildman–Crippen LogP) is 4.89. The summed E-state index contributed by atoms with van der Waals surface area (Å²) in [6.45, 7) is 0.200. The summed E-state index contributed by atoms with van der Waals surface area (Å²) in [5.41, 5.74) is 1.27. The van der Waals surface area contributed by atoms with Crippen molar-refractivity contribution in [2.45, 2.75) is 11.7 Å². The molecular weight excluding hydrogens is 447 g/mol. The Morgan fingerprint density at radius 2 is 1.91 bits per heavy atom. The molecule has 0 saturated heterocycles. The standard InChI is InChI=1S/C23H21FN4O2S2/c1-27(14-16-8-3-4-9-17(16)24)21(29)15-32-23-26-25-22(20-12-7-13-31-20)28(23)18-10-5-6-11-19(18)30-2/h3-13H,14-15H2,1-2H3. The van der Waals surface area contributed by atoms with Crippen LogP contribution in [0.15, 0.2) is 71.2 Å². The number of ether oxygens (including phenoxy) is 1. The molecule has 32 heavy (non-hydrogen) atoms. The van der Waals surface area contributed by atoms with Crippen molar-refractivity contribution in [3.63, 3.8) is 0 Å². The maximum atomic E-state index is 13.9. The van der Waals surface area contributed by atoms with Crippen molar-refractivity contribution < 1.29 is 13.9 Å². The van der Waals surface area contributed by atoms with Gasteiger partial charge in [0.2, 0.25) is 5.91 Å². The maximum Gasteiger partial charge on any atom is 0.233 e. The fourth-order valence-corrected chi connectivity index (χ4v) is 4.75. The van der Waals surface area contributed by atoms with Gasteiger partial charge in [-0.15, -0.1) is 21.5 Å². The van der Waals surface area contributed by atoms with Crippen LogP contribution in [0.1, 0.15) is 5.56 Å². The van der Waals surface area contributed by atoms with E-state index in [2.05, 4.69) is 10.2 Å². The smallest absolute Gasteiger partial charge is 0.233 e. The topological polar surface area (TPSA) is 60.2 Å². The second-order valence-corrected chi connectivity index (χ2v) is 8.81. The lowest BCUT2D eigenvalue weighted by molar-refractivity contribution is -0.127. The van der Waals surface area contributed by atoms with E-state index < -0.39 is 0 Å². The molecule has 4 aromatic rings. The minimum absolute atomic E-state index is 0.134. The van der Waals surface area contributed by atoms with Crippen molar-refractivity contribution in [1.82, 2.24) is 19.7 Å². The number of carbonyl (C=O) groups is 1. The normalized spacial score (nSPS) is 10.8. The fraction of sp³-hybridized carbons (Fsp3) is 0.174. The van der Waals surface area contributed by atoms with E-state index in [-0.39, 0.29) is 24.0 Å². The molecule has 0 atom stereocenters. The molecule has 0 saturated carbocycles. The molecule has 2 aromatic carbocycles. The fourth-order valence-electron chi connectivity index (χ4n) is 3.17. The Balaban J connectivity index is 1.57. The van der Waals surface area contributed by atoms with Gasteiger partial charge in [0.25, 0.3) is 0 Å². The van der Waals surface area contributed by atoms with E-state index >= 15 is 0 Å². The van der Waals surface area contributed by atoms with Crippen LogP contribution in [0, 0.1) is 5.82 Å². The highest BCUT2D eigenvalue weighted by Crippen LogP contribution is 2.34. The number of hydrogen-bond acceptors (Lipinski definition) is 6. The number of thioether (sulfide) groups is 1. The third-order valence-corrected chi connectivity index (χ3v) is 6.60. The third-order valence-electron chi connectivity index (χ3n) is 4.82. The summed E-state index contributed by atoms with van der Waals surface area (Å²) in [4.78, 5) is 15.2. The molecule has 2 aromatic heterocycles. The average Bonchev–Trinajstić information content (AvgIpc) is 3.48. The van der Waals surface area contributed by atoms with Crippen LogP contribution in [0.25, 0.3) is 16.4 Å². The third kappa shape index (κ3) is 4.68. The molecule has 0 fully saturated rings. The van der Waals surface area contributed by atoms with Crippen LogP contribution in [0.2, 0.25) is 0 Å². The molecular formula is C23H21FN4O2S2. The van der Waals surface area contributed by atoms with Gasteiger partial charge in [-0.25, -0.2) is 4.39 Å². The highest BCUT2D eigenvalue weighted by atomic mass is 32.2. The van der Waals surface area contributed by atoms with Crippen molar-refractivity contribution in [1.29, 1.82) is 0 Å². The van der Waals surface area contributed by atoms with Crippen molar-refractivity contribution >= 4 is 29.0 Å². The second kappa shape index (κ2) is 9.97. The Labute approximate surface area is 193 Å². The summed E-state index contributed by atoms with van der Waals surface area (Å²) < 4.78 is 21.4. The number of methoxy groups -OCH3 is 1. The number of carbonyl (C=O) groups excluding carboxylic acids is 1. The first-order valence-electron chi connectivity index (χ1n) is 9.81. The minimum atomic E-state index is -0.323. The molecule has 0 aliphatic rings. The van der Waals surface area contributed by atoms with Gasteiger partial charge in [-0.1, -0.05) is 48.2 Å². The van der Waals surface area contributed by atoms with E-state index in [1.165, 1.54) is 22.7 Å². The van der Waals surface area contributed by atoms with Gasteiger partial charge in [0, 0.05) is 19.2 Å². The first-order valence-corrected chi connectivity index (χ1v) is 11.7. The van der Waals surface area contributed by atoms with Crippen LogP contribution in [0.3, 0.4) is 0 Å². The number of benzene rings is 2. The Kier molecular flexibility index (Phi) is 6.87. The quantitative estimate of drug-likeness (QED) is 0.345. The van der Waals surface area contributed by atoms with Crippen molar-refractivity contribution in [3.05, 3.63) is 77.4 Å². The molecule has 0 aliphatic carbocycles. The maximum absolute atomic E-state index is 13.9. The summed E-state index contributed by atoms with van der Waals surface area (Å²) in [6.07, 6.45) is 0. The first-order chi connectivity index (χ1) is 15.6. The van der Waals surface area contributed by atoms with E-state index in [4.69, 9.17) is 4.74 Å². The summed E-state index contributed by atoms with van der Waals surface area (Å²) in [5.74, 6) is 1.04. The zero-order chi connectivity index (χ0) is 22.5. The van der Waals surface area contributed by atoms with Gasteiger partial charge in [0.15, 0.2) is 11.0 Å². The van der Waals surface area contributed by atoms with Crippen molar-refractivity contribution in [2.75, 3.05) is 19.9 Å². The van der Waals surface area contributed by atoms with Crippen LogP contribution in [-0.2, 0) is 11.3 Å². The minimum Gasteiger partial charge on any atom is -0.495 e. The number of rotatable bonds is 8. The second-order valence-electron chi connectivity index (χ2n) is 6.92. The van der Waals surface area contributed by atoms with Crippen LogP contribution in [0.5, 0.6) is 5.75 Å². The number of thiophene rings is 1. The molecule has 6 nitrogen and oxygen atoms in total. The monoisotopic (exact) mass is 468 g/mol. The van der Waals surface area contributed by atoms with Crippen LogP contribution in [0.4, 0.5) is 4.39 Å². The number of aromatic nitrogens is 3. The van der Waals surface area contributed by atoms with E-state index in [9.17, 15) is 9.18 Å². The molecule has 0 bridgehead atoms. The van der Waals surface area contributed by atoms with Gasteiger partial charge in [-0.05, 0) is 29.6 Å². The number of hydrogen-bond donors (Lipinski definition) is 0. The molecule has 2 heterocycles. The van der Waals surface area contributed by atoms with Gasteiger partial charge in [0.05, 0.1) is 23.4 Å². The van der Waals surface area contributed by atoms with E-state index in [0.29, 0.717) is 22.3 Å². The summed E-state index contributed by atoms with van der Waals surface area (Å²) in [6, 6.07) is 18.0. The lowest BCUT2D eigenvalue weighted by atomic mass is 10.2. The van der Waals surface area contributed by atoms with Gasteiger partial charge in [-0.2, -0.15) is 0 Å². The van der Waals surface area contributed by atoms with Gasteiger partial charge in [0.1, 0.15) is 11.6 Å². The van der Waals surface area contributed by atoms with Crippen LogP contribution >= 0.6 is 23.1 Å². The van der Waals surface area contributed by atoms with Crippen LogP contribution < -0.4 is 4.74 Å². The zero-order valence-electron chi connectivity index (χ0n) is 17.6. The largest absolute Gasteiger partial charge is 0.495 e. The number of nitrogens with zero attached hydrogens (tertiary/aromatic N) is 4. The van der Waals surface area contributed by atoms with E-state index in [0.717, 1.165) is 10.6 Å². The summed E-state index contributed by atoms with van der Waals surface area (Å²) in [7, 11) is 3.28. The SMILES string of the molecule is COc1ccccc1-n1c(SCC(=O)N(C)Cc2ccccc2F)nnc1-c1cccs1. The molecule has 4 rings (SSSR count). The molecule has 9 heteroatoms. The van der Waals surface area contributed by atoms with Crippen LogP contribution in [-0.4, -0.2) is 45.5 Å². The van der Waals surface area contributed by atoms with Gasteiger partial charge < -0.3 is 9.64 Å². The highest BCUT2D eigenvalue weighted by molar-refractivity contribution is 7.99. The van der Waals surface area contributed by atoms with E-state index in [1.54, 1.807) is 43.7 Å². The molecule has 164 valence electrons. The van der Waals surface area contributed by atoms with Crippen molar-refractivity contribution in [2.24, 2.45) is 0 Å². The van der Waals surface area contributed by atoms with E-state index in [1.807, 2.05) is 46.3 Å². The summed E-state index contributed by atoms with van der Waals surface area (Å²) in [5, 5.41) is 11.3. The Morgan fingerprint density at radius 1 is 1.12 bits per heavy atom. The Morgan fingerprint density at radius 3 is 2.66 bits per heavy atom. The Hall–Kier alpha value is -3.17.